The van der Waals surface area contributed by atoms with Crippen LogP contribution >= 0.6 is 0 Å². The molecule has 0 aromatic carbocycles. The quantitative estimate of drug-likeness (QED) is 0.725. The van der Waals surface area contributed by atoms with Gasteiger partial charge < -0.3 is 5.32 Å². The third-order valence-corrected chi connectivity index (χ3v) is 4.59. The molecule has 0 amide bonds. The van der Waals surface area contributed by atoms with E-state index in [9.17, 15) is 0 Å². The van der Waals surface area contributed by atoms with E-state index in [1.165, 1.54) is 58.3 Å². The van der Waals surface area contributed by atoms with Crippen LogP contribution < -0.4 is 5.32 Å². The van der Waals surface area contributed by atoms with Crippen molar-refractivity contribution in [3.63, 3.8) is 0 Å². The van der Waals surface area contributed by atoms with Gasteiger partial charge in [-0.15, -0.1) is 0 Å². The summed E-state index contributed by atoms with van der Waals surface area (Å²) >= 11 is 0. The summed E-state index contributed by atoms with van der Waals surface area (Å²) in [4.78, 5) is 2.74. The lowest BCUT2D eigenvalue weighted by atomic mass is 9.89. The third-order valence-electron chi connectivity index (χ3n) is 4.59. The Balaban J connectivity index is 1.83. The normalized spacial score (nSPS) is 33.9. The predicted octanol–water partition coefficient (Wildman–Crippen LogP) is 2.50. The smallest absolute Gasteiger partial charge is 0.0110 e. The standard InChI is InChI=1S/C14H28N2/c1-12(2)13-4-3-5-14(7-6-13)16-10-8-15-9-11-16/h12-15H,3-11H2,1-2H3. The minimum absolute atomic E-state index is 0.891. The molecule has 2 rings (SSSR count). The Kier molecular flexibility index (Phi) is 4.66. The van der Waals surface area contributed by atoms with Crippen LogP contribution in [-0.4, -0.2) is 37.1 Å². The second kappa shape index (κ2) is 6.02. The summed E-state index contributed by atoms with van der Waals surface area (Å²) < 4.78 is 0. The highest BCUT2D eigenvalue weighted by Crippen LogP contribution is 2.30. The summed E-state index contributed by atoms with van der Waals surface area (Å²) in [5.41, 5.74) is 0. The topological polar surface area (TPSA) is 15.3 Å². The fraction of sp³-hybridized carbons (Fsp3) is 1.00. The van der Waals surface area contributed by atoms with E-state index < -0.39 is 0 Å². The van der Waals surface area contributed by atoms with Gasteiger partial charge in [-0.2, -0.15) is 0 Å². The lowest BCUT2D eigenvalue weighted by Crippen LogP contribution is -2.48. The molecule has 16 heavy (non-hydrogen) atoms. The Morgan fingerprint density at radius 2 is 1.75 bits per heavy atom. The lowest BCUT2D eigenvalue weighted by Gasteiger charge is -2.34. The van der Waals surface area contributed by atoms with E-state index in [1.54, 1.807) is 0 Å². The summed E-state index contributed by atoms with van der Waals surface area (Å²) in [5.74, 6) is 1.88. The number of hydrogen-bond acceptors (Lipinski definition) is 2. The van der Waals surface area contributed by atoms with Gasteiger partial charge in [-0.1, -0.05) is 26.7 Å². The number of piperazine rings is 1. The van der Waals surface area contributed by atoms with Crippen LogP contribution in [0.25, 0.3) is 0 Å². The molecule has 1 aliphatic carbocycles. The van der Waals surface area contributed by atoms with Crippen LogP contribution in [-0.2, 0) is 0 Å². The molecule has 94 valence electrons. The van der Waals surface area contributed by atoms with Crippen molar-refractivity contribution in [1.82, 2.24) is 10.2 Å². The van der Waals surface area contributed by atoms with Crippen molar-refractivity contribution in [3.05, 3.63) is 0 Å². The van der Waals surface area contributed by atoms with Gasteiger partial charge in [0.2, 0.25) is 0 Å². The summed E-state index contributed by atoms with van der Waals surface area (Å²) in [6.07, 6.45) is 7.29. The zero-order valence-corrected chi connectivity index (χ0v) is 11.0. The second-order valence-electron chi connectivity index (χ2n) is 5.95. The summed E-state index contributed by atoms with van der Waals surface area (Å²) in [7, 11) is 0. The fourth-order valence-electron chi connectivity index (χ4n) is 3.39. The average molecular weight is 224 g/mol. The van der Waals surface area contributed by atoms with E-state index in [-0.39, 0.29) is 0 Å². The van der Waals surface area contributed by atoms with Crippen molar-refractivity contribution < 1.29 is 0 Å². The lowest BCUT2D eigenvalue weighted by molar-refractivity contribution is 0.156. The molecule has 0 spiro atoms. The van der Waals surface area contributed by atoms with Crippen molar-refractivity contribution in [3.8, 4) is 0 Å². The first-order valence-corrected chi connectivity index (χ1v) is 7.22. The molecule has 2 nitrogen and oxygen atoms in total. The first kappa shape index (κ1) is 12.4. The summed E-state index contributed by atoms with van der Waals surface area (Å²) in [6.45, 7) is 9.74. The molecule has 2 fully saturated rings. The maximum absolute atomic E-state index is 3.45. The van der Waals surface area contributed by atoms with Gasteiger partial charge in [0.05, 0.1) is 0 Å². The minimum Gasteiger partial charge on any atom is -0.314 e. The number of nitrogens with zero attached hydrogens (tertiary/aromatic N) is 1. The molecular formula is C14H28N2. The van der Waals surface area contributed by atoms with Gasteiger partial charge in [-0.25, -0.2) is 0 Å². The van der Waals surface area contributed by atoms with Gasteiger partial charge >= 0.3 is 0 Å². The molecule has 2 unspecified atom stereocenters. The van der Waals surface area contributed by atoms with Crippen LogP contribution in [0.1, 0.15) is 46.0 Å². The first-order valence-electron chi connectivity index (χ1n) is 7.22. The van der Waals surface area contributed by atoms with E-state index >= 15 is 0 Å². The molecule has 1 aliphatic heterocycles. The van der Waals surface area contributed by atoms with Gasteiger partial charge in [0.1, 0.15) is 0 Å². The molecule has 2 aliphatic rings. The summed E-state index contributed by atoms with van der Waals surface area (Å²) in [6, 6.07) is 0.894. The average Bonchev–Trinajstić information content (AvgIpc) is 2.55. The van der Waals surface area contributed by atoms with Crippen LogP contribution in [0.3, 0.4) is 0 Å². The maximum Gasteiger partial charge on any atom is 0.0110 e. The number of hydrogen-bond donors (Lipinski definition) is 1. The molecule has 1 heterocycles. The van der Waals surface area contributed by atoms with Crippen LogP contribution in [0, 0.1) is 11.8 Å². The van der Waals surface area contributed by atoms with Gasteiger partial charge in [0.15, 0.2) is 0 Å². The highest BCUT2D eigenvalue weighted by Gasteiger charge is 2.25. The monoisotopic (exact) mass is 224 g/mol. The Morgan fingerprint density at radius 3 is 2.44 bits per heavy atom. The van der Waals surface area contributed by atoms with E-state index in [0.717, 1.165) is 17.9 Å². The third kappa shape index (κ3) is 3.21. The SMILES string of the molecule is CC(C)C1CCCC(N2CCNCC2)CC1. The second-order valence-corrected chi connectivity index (χ2v) is 5.95. The van der Waals surface area contributed by atoms with Crippen LogP contribution in [0.15, 0.2) is 0 Å². The fourth-order valence-corrected chi connectivity index (χ4v) is 3.39. The van der Waals surface area contributed by atoms with Gasteiger partial charge in [-0.3, -0.25) is 4.90 Å². The minimum atomic E-state index is 0.891. The summed E-state index contributed by atoms with van der Waals surface area (Å²) in [5, 5.41) is 3.45. The Bertz CT molecular complexity index is 197. The van der Waals surface area contributed by atoms with Gasteiger partial charge in [0, 0.05) is 32.2 Å². The van der Waals surface area contributed by atoms with Crippen molar-refractivity contribution >= 4 is 0 Å². The van der Waals surface area contributed by atoms with E-state index in [2.05, 4.69) is 24.1 Å². The Hall–Kier alpha value is -0.0800. The molecule has 1 N–H and O–H groups in total. The molecule has 1 saturated heterocycles. The van der Waals surface area contributed by atoms with Gasteiger partial charge in [-0.05, 0) is 31.1 Å². The zero-order valence-electron chi connectivity index (χ0n) is 11.0. The Labute approximate surface area is 101 Å². The molecule has 0 radical (unpaired) electrons. The van der Waals surface area contributed by atoms with Crippen molar-refractivity contribution in [2.45, 2.75) is 52.0 Å². The predicted molar refractivity (Wildman–Crippen MR) is 69.6 cm³/mol. The Morgan fingerprint density at radius 1 is 1.00 bits per heavy atom. The largest absolute Gasteiger partial charge is 0.314 e. The number of nitrogens with one attached hydrogen (secondary N) is 1. The number of rotatable bonds is 2. The van der Waals surface area contributed by atoms with Gasteiger partial charge in [0.25, 0.3) is 0 Å². The van der Waals surface area contributed by atoms with Crippen LogP contribution in [0.4, 0.5) is 0 Å². The molecule has 0 aromatic heterocycles. The zero-order chi connectivity index (χ0) is 11.4. The first-order chi connectivity index (χ1) is 7.77. The van der Waals surface area contributed by atoms with E-state index in [4.69, 9.17) is 0 Å². The molecule has 0 bridgehead atoms. The van der Waals surface area contributed by atoms with Crippen LogP contribution in [0.5, 0.6) is 0 Å². The molecular weight excluding hydrogens is 196 g/mol. The molecule has 1 saturated carbocycles. The van der Waals surface area contributed by atoms with E-state index in [0.29, 0.717) is 0 Å². The van der Waals surface area contributed by atoms with Crippen LogP contribution in [0.2, 0.25) is 0 Å². The van der Waals surface area contributed by atoms with Crippen molar-refractivity contribution in [2.75, 3.05) is 26.2 Å². The van der Waals surface area contributed by atoms with Crippen molar-refractivity contribution in [1.29, 1.82) is 0 Å². The molecule has 2 heteroatoms. The van der Waals surface area contributed by atoms with E-state index in [1.807, 2.05) is 0 Å². The molecule has 2 atom stereocenters. The highest BCUT2D eigenvalue weighted by molar-refractivity contribution is 4.81. The van der Waals surface area contributed by atoms with Crippen molar-refractivity contribution in [2.24, 2.45) is 11.8 Å². The maximum atomic E-state index is 3.45. The molecule has 0 aromatic rings. The highest BCUT2D eigenvalue weighted by atomic mass is 15.2.